The number of hydrogen-bond acceptors (Lipinski definition) is 7. The summed E-state index contributed by atoms with van der Waals surface area (Å²) in [6.45, 7) is 7.90. The predicted molar refractivity (Wildman–Crippen MR) is 173 cm³/mol. The van der Waals surface area contributed by atoms with E-state index in [2.05, 4.69) is 69.2 Å². The van der Waals surface area contributed by atoms with Crippen LogP contribution >= 0.6 is 0 Å². The molecule has 1 N–H and O–H groups in total. The number of likely N-dealkylation sites (tertiary alicyclic amines) is 2. The Morgan fingerprint density at radius 2 is 1.68 bits per heavy atom. The SMILES string of the molecule is CCCN(c1noc(Cc2ccccc2)n1)C1CCN(C[C@H]2CN([C@@H](C(=O)O)C3CCCCC3)C[C@@H]2c2ccccc2)CC1. The molecule has 0 radical (unpaired) electrons. The van der Waals surface area contributed by atoms with E-state index in [9.17, 15) is 9.90 Å². The third-order valence-electron chi connectivity index (χ3n) is 10.3. The minimum Gasteiger partial charge on any atom is -0.480 e. The van der Waals surface area contributed by atoms with Gasteiger partial charge in [0.1, 0.15) is 6.04 Å². The summed E-state index contributed by atoms with van der Waals surface area (Å²) in [7, 11) is 0. The highest BCUT2D eigenvalue weighted by molar-refractivity contribution is 5.74. The Hall–Kier alpha value is -3.23. The van der Waals surface area contributed by atoms with Crippen LogP contribution in [0.25, 0.3) is 0 Å². The maximum atomic E-state index is 12.6. The van der Waals surface area contributed by atoms with E-state index in [1.807, 2.05) is 18.2 Å². The second kappa shape index (κ2) is 14.7. The molecular formula is C36H49N5O3. The lowest BCUT2D eigenvalue weighted by Gasteiger charge is -2.39. The van der Waals surface area contributed by atoms with E-state index in [-0.39, 0.29) is 12.0 Å². The van der Waals surface area contributed by atoms with Crippen molar-refractivity contribution >= 4 is 11.9 Å². The zero-order chi connectivity index (χ0) is 30.3. The highest BCUT2D eigenvalue weighted by atomic mass is 16.5. The van der Waals surface area contributed by atoms with Crippen molar-refractivity contribution in [1.82, 2.24) is 19.9 Å². The van der Waals surface area contributed by atoms with Crippen molar-refractivity contribution < 1.29 is 14.4 Å². The summed E-state index contributed by atoms with van der Waals surface area (Å²) in [4.78, 5) is 24.7. The first-order chi connectivity index (χ1) is 21.6. The summed E-state index contributed by atoms with van der Waals surface area (Å²) in [5.41, 5.74) is 2.52. The maximum Gasteiger partial charge on any atom is 0.321 e. The topological polar surface area (TPSA) is 85.9 Å². The smallest absolute Gasteiger partial charge is 0.321 e. The minimum absolute atomic E-state index is 0.273. The molecule has 3 aromatic rings. The van der Waals surface area contributed by atoms with Crippen LogP contribution < -0.4 is 4.90 Å². The summed E-state index contributed by atoms with van der Waals surface area (Å²) in [5, 5.41) is 14.8. The Morgan fingerprint density at radius 1 is 0.977 bits per heavy atom. The third-order valence-corrected chi connectivity index (χ3v) is 10.3. The monoisotopic (exact) mass is 599 g/mol. The van der Waals surface area contributed by atoms with Gasteiger partial charge in [-0.15, -0.1) is 0 Å². The van der Waals surface area contributed by atoms with Crippen LogP contribution in [0.2, 0.25) is 0 Å². The Kier molecular flexibility index (Phi) is 10.3. The van der Waals surface area contributed by atoms with Crippen LogP contribution in [0.4, 0.5) is 5.95 Å². The molecule has 2 aromatic carbocycles. The first-order valence-corrected chi connectivity index (χ1v) is 17.0. The number of nitrogens with zero attached hydrogens (tertiary/aromatic N) is 5. The van der Waals surface area contributed by atoms with Crippen molar-refractivity contribution in [3.05, 3.63) is 77.7 Å². The lowest BCUT2D eigenvalue weighted by Crippen LogP contribution is -2.48. The molecule has 3 heterocycles. The quantitative estimate of drug-likeness (QED) is 0.268. The Bertz CT molecular complexity index is 1300. The maximum absolute atomic E-state index is 12.6. The van der Waals surface area contributed by atoms with Gasteiger partial charge in [-0.2, -0.15) is 4.98 Å². The van der Waals surface area contributed by atoms with Crippen LogP contribution in [-0.2, 0) is 11.2 Å². The number of hydrogen-bond donors (Lipinski definition) is 1. The third kappa shape index (κ3) is 7.35. The predicted octanol–water partition coefficient (Wildman–Crippen LogP) is 6.09. The van der Waals surface area contributed by atoms with Crippen LogP contribution in [0, 0.1) is 11.8 Å². The number of carboxylic acids is 1. The highest BCUT2D eigenvalue weighted by Crippen LogP contribution is 2.38. The number of carboxylic acid groups (broad SMARTS) is 1. The largest absolute Gasteiger partial charge is 0.480 e. The van der Waals surface area contributed by atoms with E-state index in [0.29, 0.717) is 36.1 Å². The number of aliphatic carboxylic acids is 1. The van der Waals surface area contributed by atoms with Crippen molar-refractivity contribution in [3.8, 4) is 0 Å². The van der Waals surface area contributed by atoms with Gasteiger partial charge in [0.05, 0.1) is 6.42 Å². The molecule has 1 saturated carbocycles. The average molecular weight is 600 g/mol. The van der Waals surface area contributed by atoms with Gasteiger partial charge in [0, 0.05) is 51.2 Å². The molecular weight excluding hydrogens is 550 g/mol. The summed E-state index contributed by atoms with van der Waals surface area (Å²) < 4.78 is 5.68. The van der Waals surface area contributed by atoms with E-state index in [1.165, 1.54) is 17.5 Å². The van der Waals surface area contributed by atoms with E-state index >= 15 is 0 Å². The molecule has 0 unspecified atom stereocenters. The number of carbonyl (C=O) groups is 1. The van der Waals surface area contributed by atoms with Crippen LogP contribution in [0.1, 0.15) is 81.2 Å². The van der Waals surface area contributed by atoms with Gasteiger partial charge in [0.15, 0.2) is 0 Å². The van der Waals surface area contributed by atoms with Crippen LogP contribution in [0.3, 0.4) is 0 Å². The summed E-state index contributed by atoms with van der Waals surface area (Å²) in [6, 6.07) is 21.1. The van der Waals surface area contributed by atoms with Gasteiger partial charge in [-0.05, 0) is 60.2 Å². The Morgan fingerprint density at radius 3 is 2.36 bits per heavy atom. The molecule has 1 aromatic heterocycles. The van der Waals surface area contributed by atoms with Gasteiger partial charge < -0.3 is 19.4 Å². The first-order valence-electron chi connectivity index (χ1n) is 17.0. The van der Waals surface area contributed by atoms with Gasteiger partial charge in [0.25, 0.3) is 5.95 Å². The van der Waals surface area contributed by atoms with Crippen LogP contribution in [0.15, 0.2) is 65.2 Å². The standard InChI is InChI=1S/C36H49N5O3/c1-2-20-41(36-37-33(44-38-36)23-27-12-6-3-7-13-27)31-18-21-39(22-19-31)24-30-25-40(26-32(30)28-14-8-4-9-15-28)34(35(42)43)29-16-10-5-11-17-29/h3-4,6-9,12-15,29-32,34H,2,5,10-11,16-26H2,1H3,(H,42,43)/t30-,32+,34+/m0/s1. The molecule has 236 valence electrons. The Labute approximate surface area is 262 Å². The molecule has 6 rings (SSSR count). The Balaban J connectivity index is 1.10. The molecule has 8 nitrogen and oxygen atoms in total. The zero-order valence-electron chi connectivity index (χ0n) is 26.3. The average Bonchev–Trinajstić information content (AvgIpc) is 3.69. The molecule has 3 aliphatic rings. The molecule has 2 saturated heterocycles. The minimum atomic E-state index is -0.630. The fraction of sp³-hybridized carbons (Fsp3) is 0.583. The van der Waals surface area contributed by atoms with Gasteiger partial charge in [0.2, 0.25) is 5.89 Å². The number of piperidine rings is 1. The number of benzene rings is 2. The lowest BCUT2D eigenvalue weighted by atomic mass is 9.83. The van der Waals surface area contributed by atoms with Crippen LogP contribution in [-0.4, -0.2) is 82.4 Å². The van der Waals surface area contributed by atoms with E-state index in [1.54, 1.807) is 0 Å². The molecule has 0 amide bonds. The highest BCUT2D eigenvalue weighted by Gasteiger charge is 2.43. The second-order valence-electron chi connectivity index (χ2n) is 13.3. The van der Waals surface area contributed by atoms with Crippen molar-refractivity contribution in [3.63, 3.8) is 0 Å². The molecule has 3 fully saturated rings. The molecule has 44 heavy (non-hydrogen) atoms. The van der Waals surface area contributed by atoms with Gasteiger partial charge >= 0.3 is 5.97 Å². The van der Waals surface area contributed by atoms with E-state index in [4.69, 9.17) is 9.51 Å². The van der Waals surface area contributed by atoms with Gasteiger partial charge in [-0.25, -0.2) is 0 Å². The second-order valence-corrected chi connectivity index (χ2v) is 13.3. The van der Waals surface area contributed by atoms with Crippen molar-refractivity contribution in [2.75, 3.05) is 44.2 Å². The summed E-state index contributed by atoms with van der Waals surface area (Å²) in [6.07, 6.45) is 9.47. The van der Waals surface area contributed by atoms with Gasteiger partial charge in [-0.3, -0.25) is 9.69 Å². The first kappa shape index (κ1) is 30.8. The molecule has 0 spiro atoms. The molecule has 3 atom stereocenters. The molecule has 2 aliphatic heterocycles. The zero-order valence-corrected chi connectivity index (χ0v) is 26.3. The van der Waals surface area contributed by atoms with Crippen molar-refractivity contribution in [1.29, 1.82) is 0 Å². The van der Waals surface area contributed by atoms with E-state index in [0.717, 1.165) is 84.2 Å². The summed E-state index contributed by atoms with van der Waals surface area (Å²) in [5.74, 6) is 1.80. The van der Waals surface area contributed by atoms with Crippen molar-refractivity contribution in [2.45, 2.75) is 82.7 Å². The molecule has 0 bridgehead atoms. The summed E-state index contributed by atoms with van der Waals surface area (Å²) >= 11 is 0. The van der Waals surface area contributed by atoms with Crippen molar-refractivity contribution in [2.24, 2.45) is 11.8 Å². The normalized spacial score (nSPS) is 23.1. The number of aromatic nitrogens is 2. The number of rotatable bonds is 12. The molecule has 1 aliphatic carbocycles. The van der Waals surface area contributed by atoms with Crippen LogP contribution in [0.5, 0.6) is 0 Å². The lowest BCUT2D eigenvalue weighted by molar-refractivity contribution is -0.145. The fourth-order valence-corrected chi connectivity index (χ4v) is 8.14. The van der Waals surface area contributed by atoms with E-state index < -0.39 is 5.97 Å². The van der Waals surface area contributed by atoms with Gasteiger partial charge in [-0.1, -0.05) is 86.8 Å². The molecule has 8 heteroatoms. The number of anilines is 1. The fourth-order valence-electron chi connectivity index (χ4n) is 8.14.